The second-order valence-electron chi connectivity index (χ2n) is 6.95. The zero-order chi connectivity index (χ0) is 20.5. The minimum Gasteiger partial charge on any atom is -0.463 e. The first-order valence-corrected chi connectivity index (χ1v) is 9.59. The molecule has 150 valence electrons. The summed E-state index contributed by atoms with van der Waals surface area (Å²) in [5.41, 5.74) is 2.71. The molecular formula is C23H19N3O4. The van der Waals surface area contributed by atoms with Gasteiger partial charge in [0.2, 0.25) is 6.79 Å². The van der Waals surface area contributed by atoms with Gasteiger partial charge in [-0.1, -0.05) is 24.3 Å². The Bertz CT molecular complexity index is 1180. The molecule has 2 aromatic heterocycles. The molecule has 3 heterocycles. The van der Waals surface area contributed by atoms with Gasteiger partial charge in [-0.2, -0.15) is 5.10 Å². The van der Waals surface area contributed by atoms with Crippen LogP contribution in [0.1, 0.15) is 29.0 Å². The number of hydrogen-bond acceptors (Lipinski definition) is 5. The van der Waals surface area contributed by atoms with Gasteiger partial charge in [0.1, 0.15) is 11.4 Å². The highest BCUT2D eigenvalue weighted by molar-refractivity contribution is 5.94. The summed E-state index contributed by atoms with van der Waals surface area (Å²) in [6, 6.07) is 20.3. The number of rotatable bonds is 5. The number of nitrogens with one attached hydrogen (secondary N) is 1. The fraction of sp³-hybridized carbons (Fsp3) is 0.130. The van der Waals surface area contributed by atoms with Crippen LogP contribution in [-0.4, -0.2) is 22.5 Å². The second kappa shape index (κ2) is 7.44. The molecular weight excluding hydrogens is 382 g/mol. The van der Waals surface area contributed by atoms with Crippen molar-refractivity contribution in [1.82, 2.24) is 15.1 Å². The highest BCUT2D eigenvalue weighted by Crippen LogP contribution is 2.34. The highest BCUT2D eigenvalue weighted by Gasteiger charge is 2.22. The molecule has 0 saturated carbocycles. The molecule has 1 unspecified atom stereocenters. The number of aromatic nitrogens is 2. The average Bonchev–Trinajstić information content (AvgIpc) is 3.53. The van der Waals surface area contributed by atoms with E-state index in [1.807, 2.05) is 61.5 Å². The molecule has 7 heteroatoms. The molecule has 30 heavy (non-hydrogen) atoms. The van der Waals surface area contributed by atoms with Crippen LogP contribution >= 0.6 is 0 Å². The van der Waals surface area contributed by atoms with Crippen molar-refractivity contribution in [3.8, 4) is 28.6 Å². The van der Waals surface area contributed by atoms with Crippen molar-refractivity contribution < 1.29 is 18.7 Å². The van der Waals surface area contributed by atoms with Gasteiger partial charge in [-0.15, -0.1) is 0 Å². The second-order valence-corrected chi connectivity index (χ2v) is 6.95. The summed E-state index contributed by atoms with van der Waals surface area (Å²) >= 11 is 0. The molecule has 0 aliphatic carbocycles. The molecule has 1 aliphatic rings. The fourth-order valence-corrected chi connectivity index (χ4v) is 3.39. The van der Waals surface area contributed by atoms with E-state index < -0.39 is 0 Å². The quantitative estimate of drug-likeness (QED) is 0.538. The van der Waals surface area contributed by atoms with Crippen LogP contribution in [0.3, 0.4) is 0 Å². The monoisotopic (exact) mass is 401 g/mol. The van der Waals surface area contributed by atoms with Gasteiger partial charge in [0.05, 0.1) is 18.0 Å². The predicted molar refractivity (Wildman–Crippen MR) is 110 cm³/mol. The van der Waals surface area contributed by atoms with Gasteiger partial charge in [0.15, 0.2) is 17.3 Å². The highest BCUT2D eigenvalue weighted by atomic mass is 16.7. The number of furan rings is 1. The van der Waals surface area contributed by atoms with Crippen LogP contribution in [0.5, 0.6) is 11.5 Å². The third kappa shape index (κ3) is 3.30. The lowest BCUT2D eigenvalue weighted by molar-refractivity contribution is 0.0932. The number of carbonyl (C=O) groups is 1. The molecule has 0 saturated heterocycles. The molecule has 2 aromatic carbocycles. The van der Waals surface area contributed by atoms with Crippen LogP contribution in [0.2, 0.25) is 0 Å². The SMILES string of the molecule is CC(NC(=O)c1cc(-c2ccco2)nn1-c1ccccc1)c1ccc2c(c1)OCO2. The molecule has 1 atom stereocenters. The Kier molecular flexibility index (Phi) is 4.48. The number of carbonyl (C=O) groups excluding carboxylic acids is 1. The first-order valence-electron chi connectivity index (χ1n) is 9.59. The minimum atomic E-state index is -0.241. The summed E-state index contributed by atoms with van der Waals surface area (Å²) in [5.74, 6) is 1.75. The third-order valence-corrected chi connectivity index (χ3v) is 4.96. The van der Waals surface area contributed by atoms with Crippen molar-refractivity contribution in [3.05, 3.63) is 84.3 Å². The minimum absolute atomic E-state index is 0.214. The molecule has 0 bridgehead atoms. The molecule has 7 nitrogen and oxygen atoms in total. The first kappa shape index (κ1) is 18.1. The Balaban J connectivity index is 1.46. The Morgan fingerprint density at radius 2 is 1.87 bits per heavy atom. The van der Waals surface area contributed by atoms with E-state index in [9.17, 15) is 4.79 Å². The number of fused-ring (bicyclic) bond motifs is 1. The largest absolute Gasteiger partial charge is 0.463 e. The first-order chi connectivity index (χ1) is 14.7. The third-order valence-electron chi connectivity index (χ3n) is 4.96. The number of ether oxygens (including phenoxy) is 2. The Morgan fingerprint density at radius 3 is 2.67 bits per heavy atom. The van der Waals surface area contributed by atoms with Crippen molar-refractivity contribution in [1.29, 1.82) is 0 Å². The zero-order valence-electron chi connectivity index (χ0n) is 16.2. The van der Waals surface area contributed by atoms with Gasteiger partial charge < -0.3 is 19.2 Å². The lowest BCUT2D eigenvalue weighted by atomic mass is 10.1. The number of benzene rings is 2. The summed E-state index contributed by atoms with van der Waals surface area (Å²) in [7, 11) is 0. The predicted octanol–water partition coefficient (Wildman–Crippen LogP) is 4.35. The standard InChI is InChI=1S/C23H19N3O4/c1-15(16-9-10-21-22(12-16)30-14-29-21)24-23(27)19-13-18(20-8-5-11-28-20)25-26(19)17-6-3-2-4-7-17/h2-13,15H,14H2,1H3,(H,24,27). The Labute approximate surface area is 172 Å². The molecule has 1 N–H and O–H groups in total. The van der Waals surface area contributed by atoms with E-state index in [1.165, 1.54) is 0 Å². The summed E-state index contributed by atoms with van der Waals surface area (Å²) in [4.78, 5) is 13.2. The van der Waals surface area contributed by atoms with Gasteiger partial charge in [0, 0.05) is 6.07 Å². The summed E-state index contributed by atoms with van der Waals surface area (Å²) in [6.07, 6.45) is 1.58. The molecule has 1 aliphatic heterocycles. The summed E-state index contributed by atoms with van der Waals surface area (Å²) in [6.45, 7) is 2.14. The molecule has 0 fully saturated rings. The fourth-order valence-electron chi connectivity index (χ4n) is 3.39. The molecule has 5 rings (SSSR count). The van der Waals surface area contributed by atoms with Crippen LogP contribution in [-0.2, 0) is 0 Å². The molecule has 0 radical (unpaired) electrons. The van der Waals surface area contributed by atoms with Crippen LogP contribution in [0.25, 0.3) is 17.1 Å². The van der Waals surface area contributed by atoms with E-state index in [4.69, 9.17) is 13.9 Å². The topological polar surface area (TPSA) is 78.5 Å². The van der Waals surface area contributed by atoms with Gasteiger partial charge in [-0.25, -0.2) is 4.68 Å². The van der Waals surface area contributed by atoms with Crippen LogP contribution in [0.15, 0.2) is 77.4 Å². The van der Waals surface area contributed by atoms with E-state index in [2.05, 4.69) is 10.4 Å². The van der Waals surface area contributed by atoms with Gasteiger partial charge in [0.25, 0.3) is 5.91 Å². The van der Waals surface area contributed by atoms with Crippen molar-refractivity contribution in [3.63, 3.8) is 0 Å². The van der Waals surface area contributed by atoms with Gasteiger partial charge in [-0.3, -0.25) is 4.79 Å². The van der Waals surface area contributed by atoms with Crippen LogP contribution in [0, 0.1) is 0 Å². The van der Waals surface area contributed by atoms with E-state index in [0.29, 0.717) is 28.6 Å². The van der Waals surface area contributed by atoms with E-state index in [1.54, 1.807) is 23.1 Å². The average molecular weight is 401 g/mol. The summed E-state index contributed by atoms with van der Waals surface area (Å²) < 4.78 is 17.9. The van der Waals surface area contributed by atoms with Gasteiger partial charge in [-0.05, 0) is 48.9 Å². The number of para-hydroxylation sites is 1. The van der Waals surface area contributed by atoms with Crippen LogP contribution in [0.4, 0.5) is 0 Å². The van der Waals surface area contributed by atoms with Crippen molar-refractivity contribution in [2.75, 3.05) is 6.79 Å². The number of hydrogen-bond donors (Lipinski definition) is 1. The maximum Gasteiger partial charge on any atom is 0.270 e. The number of amides is 1. The van der Waals surface area contributed by atoms with Gasteiger partial charge >= 0.3 is 0 Å². The van der Waals surface area contributed by atoms with Crippen LogP contribution < -0.4 is 14.8 Å². The Morgan fingerprint density at radius 1 is 1.03 bits per heavy atom. The van der Waals surface area contributed by atoms with E-state index in [0.717, 1.165) is 11.3 Å². The van der Waals surface area contributed by atoms with E-state index >= 15 is 0 Å². The lowest BCUT2D eigenvalue weighted by Crippen LogP contribution is -2.28. The lowest BCUT2D eigenvalue weighted by Gasteiger charge is -2.15. The molecule has 0 spiro atoms. The van der Waals surface area contributed by atoms with Crippen molar-refractivity contribution >= 4 is 5.91 Å². The van der Waals surface area contributed by atoms with Crippen molar-refractivity contribution in [2.24, 2.45) is 0 Å². The smallest absolute Gasteiger partial charge is 0.270 e. The molecule has 1 amide bonds. The number of nitrogens with zero attached hydrogens (tertiary/aromatic N) is 2. The summed E-state index contributed by atoms with van der Waals surface area (Å²) in [5, 5.41) is 7.64. The zero-order valence-corrected chi connectivity index (χ0v) is 16.2. The maximum absolute atomic E-state index is 13.2. The van der Waals surface area contributed by atoms with E-state index in [-0.39, 0.29) is 18.7 Å². The maximum atomic E-state index is 13.2. The normalized spacial score (nSPS) is 13.2. The van der Waals surface area contributed by atoms with Crippen molar-refractivity contribution in [2.45, 2.75) is 13.0 Å². The molecule has 4 aromatic rings. The Hall–Kier alpha value is -4.00.